The Hall–Kier alpha value is -1.77. The van der Waals surface area contributed by atoms with Crippen molar-refractivity contribution in [3.05, 3.63) is 35.9 Å². The average Bonchev–Trinajstić information content (AvgIpc) is 3.00. The number of rotatable bonds is 12. The van der Waals surface area contributed by atoms with Crippen LogP contribution >= 0.6 is 0 Å². The van der Waals surface area contributed by atoms with Gasteiger partial charge >= 0.3 is 5.97 Å². The molecule has 0 bridgehead atoms. The number of hydrogen-bond acceptors (Lipinski definition) is 3. The Kier molecular flexibility index (Phi) is 10.8. The maximum Gasteiger partial charge on any atom is 0.347 e. The SMILES string of the molecule is CCCCCCCCC(Oc1ccc(C2=CCCCCC2)cc1)C(=O)OCC. The van der Waals surface area contributed by atoms with Crippen molar-refractivity contribution in [2.24, 2.45) is 0 Å². The summed E-state index contributed by atoms with van der Waals surface area (Å²) in [6, 6.07) is 8.24. The summed E-state index contributed by atoms with van der Waals surface area (Å²) in [7, 11) is 0. The molecule has 2 rings (SSSR count). The lowest BCUT2D eigenvalue weighted by Gasteiger charge is -2.18. The summed E-state index contributed by atoms with van der Waals surface area (Å²) in [6.07, 6.45) is 16.0. The Labute approximate surface area is 171 Å². The minimum absolute atomic E-state index is 0.244. The summed E-state index contributed by atoms with van der Waals surface area (Å²) in [5, 5.41) is 0. The fourth-order valence-corrected chi connectivity index (χ4v) is 3.76. The Bertz CT molecular complexity index is 588. The first-order valence-corrected chi connectivity index (χ1v) is 11.4. The van der Waals surface area contributed by atoms with Gasteiger partial charge in [-0.3, -0.25) is 0 Å². The van der Waals surface area contributed by atoms with E-state index in [4.69, 9.17) is 9.47 Å². The molecular weight excluding hydrogens is 348 g/mol. The third-order valence-electron chi connectivity index (χ3n) is 5.41. The van der Waals surface area contributed by atoms with Crippen LogP contribution in [-0.4, -0.2) is 18.7 Å². The van der Waals surface area contributed by atoms with Crippen molar-refractivity contribution < 1.29 is 14.3 Å². The highest BCUT2D eigenvalue weighted by atomic mass is 16.6. The van der Waals surface area contributed by atoms with E-state index in [-0.39, 0.29) is 5.97 Å². The van der Waals surface area contributed by atoms with Crippen molar-refractivity contribution in [3.8, 4) is 5.75 Å². The van der Waals surface area contributed by atoms with Gasteiger partial charge in [0.15, 0.2) is 6.10 Å². The number of carbonyl (C=O) groups excluding carboxylic acids is 1. The molecule has 28 heavy (non-hydrogen) atoms. The maximum absolute atomic E-state index is 12.3. The summed E-state index contributed by atoms with van der Waals surface area (Å²) in [4.78, 5) is 12.3. The van der Waals surface area contributed by atoms with E-state index in [0.717, 1.165) is 31.4 Å². The summed E-state index contributed by atoms with van der Waals surface area (Å²) in [5.74, 6) is 0.508. The number of unbranched alkanes of at least 4 members (excludes halogenated alkanes) is 5. The molecule has 1 aromatic carbocycles. The zero-order chi connectivity index (χ0) is 20.0. The van der Waals surface area contributed by atoms with Crippen LogP contribution in [0.1, 0.15) is 96.5 Å². The number of esters is 1. The normalized spacial score (nSPS) is 15.4. The van der Waals surface area contributed by atoms with E-state index < -0.39 is 6.10 Å². The molecule has 1 aliphatic rings. The lowest BCUT2D eigenvalue weighted by atomic mass is 10.0. The third-order valence-corrected chi connectivity index (χ3v) is 5.41. The standard InChI is InChI=1S/C25H38O3/c1-3-5-6-7-8-13-16-24(25(26)27-4-2)28-23-19-17-22(18-20-23)21-14-11-9-10-12-15-21/h14,17-20,24H,3-13,15-16H2,1-2H3. The molecule has 0 N–H and O–H groups in total. The molecule has 3 heteroatoms. The van der Waals surface area contributed by atoms with E-state index in [9.17, 15) is 4.79 Å². The zero-order valence-corrected chi connectivity index (χ0v) is 17.9. The van der Waals surface area contributed by atoms with Crippen LogP contribution < -0.4 is 4.74 Å². The summed E-state index contributed by atoms with van der Waals surface area (Å²) >= 11 is 0. The number of carbonyl (C=O) groups is 1. The lowest BCUT2D eigenvalue weighted by Crippen LogP contribution is -2.29. The van der Waals surface area contributed by atoms with Crippen molar-refractivity contribution in [1.82, 2.24) is 0 Å². The molecule has 3 nitrogen and oxygen atoms in total. The molecule has 0 amide bonds. The van der Waals surface area contributed by atoms with E-state index in [1.54, 1.807) is 0 Å². The van der Waals surface area contributed by atoms with Gasteiger partial charge < -0.3 is 9.47 Å². The predicted octanol–water partition coefficient (Wildman–Crippen LogP) is 7.10. The first-order valence-electron chi connectivity index (χ1n) is 11.4. The van der Waals surface area contributed by atoms with Crippen molar-refractivity contribution in [2.45, 2.75) is 97.0 Å². The van der Waals surface area contributed by atoms with E-state index in [1.807, 2.05) is 19.1 Å². The van der Waals surface area contributed by atoms with Crippen LogP contribution in [-0.2, 0) is 9.53 Å². The second-order valence-electron chi connectivity index (χ2n) is 7.77. The summed E-state index contributed by atoms with van der Waals surface area (Å²) < 4.78 is 11.3. The minimum Gasteiger partial charge on any atom is -0.479 e. The van der Waals surface area contributed by atoms with Crippen LogP contribution in [0.25, 0.3) is 5.57 Å². The zero-order valence-electron chi connectivity index (χ0n) is 17.9. The van der Waals surface area contributed by atoms with E-state index in [2.05, 4.69) is 25.1 Å². The van der Waals surface area contributed by atoms with Gasteiger partial charge in [0, 0.05) is 0 Å². The Morgan fingerprint density at radius 1 is 0.964 bits per heavy atom. The smallest absolute Gasteiger partial charge is 0.347 e. The molecule has 1 atom stereocenters. The van der Waals surface area contributed by atoms with Crippen LogP contribution in [0.4, 0.5) is 0 Å². The van der Waals surface area contributed by atoms with E-state index in [0.29, 0.717) is 6.61 Å². The number of benzene rings is 1. The van der Waals surface area contributed by atoms with Gasteiger partial charge in [0.05, 0.1) is 6.61 Å². The molecule has 0 aliphatic heterocycles. The van der Waals surface area contributed by atoms with Gasteiger partial charge in [-0.25, -0.2) is 4.79 Å². The van der Waals surface area contributed by atoms with Gasteiger partial charge in [-0.15, -0.1) is 0 Å². The van der Waals surface area contributed by atoms with Crippen molar-refractivity contribution in [3.63, 3.8) is 0 Å². The molecule has 1 unspecified atom stereocenters. The van der Waals surface area contributed by atoms with Crippen LogP contribution in [0, 0.1) is 0 Å². The molecule has 156 valence electrons. The predicted molar refractivity (Wildman–Crippen MR) is 117 cm³/mol. The molecule has 0 spiro atoms. The molecule has 0 saturated heterocycles. The highest BCUT2D eigenvalue weighted by Crippen LogP contribution is 2.28. The Balaban J connectivity index is 1.90. The van der Waals surface area contributed by atoms with Gasteiger partial charge in [-0.2, -0.15) is 0 Å². The molecule has 1 aromatic rings. The van der Waals surface area contributed by atoms with Gasteiger partial charge in [-0.05, 0) is 68.7 Å². The van der Waals surface area contributed by atoms with E-state index in [1.165, 1.54) is 62.5 Å². The first kappa shape index (κ1) is 22.5. The van der Waals surface area contributed by atoms with Crippen molar-refractivity contribution in [2.75, 3.05) is 6.61 Å². The molecule has 0 heterocycles. The van der Waals surface area contributed by atoms with Gasteiger partial charge in [-0.1, -0.05) is 63.7 Å². The third kappa shape index (κ3) is 8.08. The molecule has 0 aromatic heterocycles. The lowest BCUT2D eigenvalue weighted by molar-refractivity contribution is -0.151. The average molecular weight is 387 g/mol. The van der Waals surface area contributed by atoms with Crippen LogP contribution in [0.2, 0.25) is 0 Å². The second kappa shape index (κ2) is 13.4. The monoisotopic (exact) mass is 386 g/mol. The fraction of sp³-hybridized carbons (Fsp3) is 0.640. The maximum atomic E-state index is 12.3. The first-order chi connectivity index (χ1) is 13.7. The quantitative estimate of drug-likeness (QED) is 0.284. The summed E-state index contributed by atoms with van der Waals surface area (Å²) in [6.45, 7) is 4.46. The highest BCUT2D eigenvalue weighted by Gasteiger charge is 2.21. The van der Waals surface area contributed by atoms with Crippen LogP contribution in [0.3, 0.4) is 0 Å². The second-order valence-corrected chi connectivity index (χ2v) is 7.77. The highest BCUT2D eigenvalue weighted by molar-refractivity contribution is 5.75. The molecule has 0 fully saturated rings. The molecule has 0 radical (unpaired) electrons. The van der Waals surface area contributed by atoms with Gasteiger partial charge in [0.2, 0.25) is 0 Å². The minimum atomic E-state index is -0.505. The number of allylic oxidation sites excluding steroid dienone is 2. The topological polar surface area (TPSA) is 35.5 Å². The molecule has 0 saturated carbocycles. The fourth-order valence-electron chi connectivity index (χ4n) is 3.76. The van der Waals surface area contributed by atoms with Gasteiger partial charge in [0.1, 0.15) is 5.75 Å². The molecular formula is C25H38O3. The van der Waals surface area contributed by atoms with Crippen LogP contribution in [0.5, 0.6) is 5.75 Å². The van der Waals surface area contributed by atoms with Gasteiger partial charge in [0.25, 0.3) is 0 Å². The number of ether oxygens (including phenoxy) is 2. The largest absolute Gasteiger partial charge is 0.479 e. The van der Waals surface area contributed by atoms with Crippen LogP contribution in [0.15, 0.2) is 30.3 Å². The molecule has 1 aliphatic carbocycles. The van der Waals surface area contributed by atoms with E-state index >= 15 is 0 Å². The summed E-state index contributed by atoms with van der Waals surface area (Å²) in [5.41, 5.74) is 2.72. The number of hydrogen-bond donors (Lipinski definition) is 0. The van der Waals surface area contributed by atoms with Crippen molar-refractivity contribution in [1.29, 1.82) is 0 Å². The Morgan fingerprint density at radius 3 is 2.46 bits per heavy atom. The Morgan fingerprint density at radius 2 is 1.71 bits per heavy atom. The van der Waals surface area contributed by atoms with Crippen molar-refractivity contribution >= 4 is 11.5 Å².